The third-order valence-electron chi connectivity index (χ3n) is 4.52. The fourth-order valence-corrected chi connectivity index (χ4v) is 3.10. The number of carbonyl (C=O) groups is 2. The minimum Gasteiger partial charge on any atom is -0.496 e. The van der Waals surface area contributed by atoms with Crippen molar-refractivity contribution in [1.82, 2.24) is 0 Å². The second-order valence-electron chi connectivity index (χ2n) is 6.47. The lowest BCUT2D eigenvalue weighted by atomic mass is 10.1. The summed E-state index contributed by atoms with van der Waals surface area (Å²) in [5.41, 5.74) is 0.535. The third kappa shape index (κ3) is 3.53. The highest BCUT2D eigenvalue weighted by molar-refractivity contribution is 6.14. The van der Waals surface area contributed by atoms with Crippen molar-refractivity contribution in [2.45, 2.75) is 6.92 Å². The van der Waals surface area contributed by atoms with E-state index in [1.54, 1.807) is 36.4 Å². The summed E-state index contributed by atoms with van der Waals surface area (Å²) in [4.78, 5) is 25.3. The minimum absolute atomic E-state index is 0.134. The summed E-state index contributed by atoms with van der Waals surface area (Å²) in [5.74, 6) is 1.61. The van der Waals surface area contributed by atoms with Gasteiger partial charge in [0.05, 0.1) is 19.8 Å². The smallest absolute Gasteiger partial charge is 0.351 e. The van der Waals surface area contributed by atoms with Crippen molar-refractivity contribution in [2.24, 2.45) is 0 Å². The van der Waals surface area contributed by atoms with Crippen LogP contribution < -0.4 is 18.9 Å². The van der Waals surface area contributed by atoms with Gasteiger partial charge in [-0.3, -0.25) is 4.79 Å². The van der Waals surface area contributed by atoms with E-state index < -0.39 is 5.97 Å². The van der Waals surface area contributed by atoms with Crippen LogP contribution in [-0.4, -0.2) is 26.0 Å². The molecule has 0 N–H and O–H groups in total. The first kappa shape index (κ1) is 19.3. The van der Waals surface area contributed by atoms with Crippen LogP contribution in [0.15, 0.2) is 58.7 Å². The zero-order valence-corrected chi connectivity index (χ0v) is 16.6. The highest BCUT2D eigenvalue weighted by atomic mass is 16.5. The molecule has 2 aromatic carbocycles. The predicted molar refractivity (Wildman–Crippen MR) is 107 cm³/mol. The second kappa shape index (κ2) is 7.79. The van der Waals surface area contributed by atoms with Crippen LogP contribution in [0.2, 0.25) is 0 Å². The molecule has 0 unspecified atom stereocenters. The molecule has 0 aliphatic carbocycles. The summed E-state index contributed by atoms with van der Waals surface area (Å²) in [6.45, 7) is 1.81. The Balaban J connectivity index is 1.59. The van der Waals surface area contributed by atoms with Crippen molar-refractivity contribution >= 4 is 17.8 Å². The summed E-state index contributed by atoms with van der Waals surface area (Å²) in [7, 11) is 2.91. The molecule has 0 fully saturated rings. The molecule has 1 aliphatic heterocycles. The number of esters is 1. The van der Waals surface area contributed by atoms with Crippen LogP contribution in [0.3, 0.4) is 0 Å². The molecule has 7 nitrogen and oxygen atoms in total. The Labute approximate surface area is 172 Å². The number of carbonyl (C=O) groups excluding carboxylic acids is 2. The monoisotopic (exact) mass is 406 g/mol. The SMILES string of the molecule is COc1cccc(OC)c1C(=O)Oc1ccc2c(c1)OC(=Cc1ccc(C)o1)C2=O. The van der Waals surface area contributed by atoms with Crippen molar-refractivity contribution in [2.75, 3.05) is 14.2 Å². The Morgan fingerprint density at radius 1 is 1.00 bits per heavy atom. The summed E-state index contributed by atoms with van der Waals surface area (Å²) in [5, 5.41) is 0. The van der Waals surface area contributed by atoms with E-state index in [4.69, 9.17) is 23.4 Å². The zero-order valence-electron chi connectivity index (χ0n) is 16.6. The number of hydrogen-bond acceptors (Lipinski definition) is 7. The Morgan fingerprint density at radius 2 is 1.73 bits per heavy atom. The van der Waals surface area contributed by atoms with Gasteiger partial charge in [0.2, 0.25) is 5.78 Å². The van der Waals surface area contributed by atoms with Gasteiger partial charge in [0.1, 0.15) is 40.1 Å². The molecule has 30 heavy (non-hydrogen) atoms. The summed E-state index contributed by atoms with van der Waals surface area (Å²) in [6, 6.07) is 13.1. The lowest BCUT2D eigenvalue weighted by Gasteiger charge is -2.12. The van der Waals surface area contributed by atoms with Gasteiger partial charge in [0.25, 0.3) is 0 Å². The van der Waals surface area contributed by atoms with Gasteiger partial charge in [-0.15, -0.1) is 0 Å². The van der Waals surface area contributed by atoms with Gasteiger partial charge >= 0.3 is 5.97 Å². The summed E-state index contributed by atoms with van der Waals surface area (Å²) < 4.78 is 27.1. The average Bonchev–Trinajstić information content (AvgIpc) is 3.29. The number of Topliss-reactive ketones (excluding diaryl/α,β-unsaturated/α-hetero) is 1. The first-order chi connectivity index (χ1) is 14.5. The molecule has 0 saturated carbocycles. The van der Waals surface area contributed by atoms with Gasteiger partial charge in [-0.1, -0.05) is 6.07 Å². The normalized spacial score (nSPS) is 13.7. The molecule has 2 heterocycles. The number of rotatable bonds is 5. The first-order valence-corrected chi connectivity index (χ1v) is 9.08. The molecule has 0 saturated heterocycles. The van der Waals surface area contributed by atoms with E-state index >= 15 is 0 Å². The second-order valence-corrected chi connectivity index (χ2v) is 6.47. The quantitative estimate of drug-likeness (QED) is 0.352. The summed E-state index contributed by atoms with van der Waals surface area (Å²) >= 11 is 0. The van der Waals surface area contributed by atoms with Crippen molar-refractivity contribution in [3.63, 3.8) is 0 Å². The number of benzene rings is 2. The molecule has 152 valence electrons. The summed E-state index contributed by atoms with van der Waals surface area (Å²) in [6.07, 6.45) is 1.53. The molecule has 0 bridgehead atoms. The lowest BCUT2D eigenvalue weighted by Crippen LogP contribution is -2.12. The largest absolute Gasteiger partial charge is 0.496 e. The van der Waals surface area contributed by atoms with Crippen LogP contribution in [0, 0.1) is 6.92 Å². The maximum absolute atomic E-state index is 12.7. The number of allylic oxidation sites excluding steroid dienone is 1. The Morgan fingerprint density at radius 3 is 2.37 bits per heavy atom. The van der Waals surface area contributed by atoms with Crippen molar-refractivity contribution in [3.05, 3.63) is 76.9 Å². The van der Waals surface area contributed by atoms with Crippen LogP contribution in [0.4, 0.5) is 0 Å². The number of methoxy groups -OCH3 is 2. The molecule has 0 atom stereocenters. The Hall–Kier alpha value is -4.00. The molecule has 1 aromatic heterocycles. The molecule has 7 heteroatoms. The fourth-order valence-electron chi connectivity index (χ4n) is 3.10. The lowest BCUT2D eigenvalue weighted by molar-refractivity contribution is 0.0727. The first-order valence-electron chi connectivity index (χ1n) is 9.08. The van der Waals surface area contributed by atoms with Crippen molar-refractivity contribution in [3.8, 4) is 23.0 Å². The van der Waals surface area contributed by atoms with Gasteiger partial charge in [-0.05, 0) is 43.3 Å². The number of ketones is 1. The zero-order chi connectivity index (χ0) is 21.3. The van der Waals surface area contributed by atoms with E-state index in [0.717, 1.165) is 5.76 Å². The van der Waals surface area contributed by atoms with Gasteiger partial charge in [0.15, 0.2) is 5.76 Å². The average molecular weight is 406 g/mol. The molecule has 1 aliphatic rings. The van der Waals surface area contributed by atoms with Crippen LogP contribution in [0.5, 0.6) is 23.0 Å². The minimum atomic E-state index is -0.657. The van der Waals surface area contributed by atoms with Crippen LogP contribution in [0.1, 0.15) is 32.2 Å². The molecule has 0 radical (unpaired) electrons. The van der Waals surface area contributed by atoms with E-state index in [0.29, 0.717) is 28.6 Å². The fraction of sp³-hybridized carbons (Fsp3) is 0.130. The van der Waals surface area contributed by atoms with E-state index in [2.05, 4.69) is 0 Å². The Bertz CT molecular complexity index is 1150. The predicted octanol–water partition coefficient (Wildman–Crippen LogP) is 4.44. The van der Waals surface area contributed by atoms with Crippen LogP contribution >= 0.6 is 0 Å². The van der Waals surface area contributed by atoms with Crippen LogP contribution in [-0.2, 0) is 0 Å². The number of ether oxygens (including phenoxy) is 4. The van der Waals surface area contributed by atoms with E-state index in [1.807, 2.05) is 6.92 Å². The highest BCUT2D eigenvalue weighted by Gasteiger charge is 2.29. The number of furan rings is 1. The van der Waals surface area contributed by atoms with Gasteiger partial charge < -0.3 is 23.4 Å². The van der Waals surface area contributed by atoms with Crippen molar-refractivity contribution < 1.29 is 33.0 Å². The van der Waals surface area contributed by atoms with E-state index in [1.165, 1.54) is 32.4 Å². The molecular formula is C23H18O7. The van der Waals surface area contributed by atoms with Gasteiger partial charge in [0, 0.05) is 12.1 Å². The van der Waals surface area contributed by atoms with E-state index in [9.17, 15) is 9.59 Å². The molecule has 0 spiro atoms. The van der Waals surface area contributed by atoms with Crippen LogP contribution in [0.25, 0.3) is 6.08 Å². The van der Waals surface area contributed by atoms with Crippen molar-refractivity contribution in [1.29, 1.82) is 0 Å². The molecule has 0 amide bonds. The molecule has 3 aromatic rings. The van der Waals surface area contributed by atoms with Gasteiger partial charge in [-0.25, -0.2) is 4.79 Å². The standard InChI is InChI=1S/C23H18O7/c1-13-7-8-14(28-13)12-20-22(24)16-10-9-15(11-19(16)30-20)29-23(25)21-17(26-2)5-4-6-18(21)27-3/h4-12H,1-3H3. The highest BCUT2D eigenvalue weighted by Crippen LogP contribution is 2.36. The topological polar surface area (TPSA) is 84.2 Å². The Kier molecular flexibility index (Phi) is 5.02. The molecule has 4 rings (SSSR count). The number of hydrogen-bond donors (Lipinski definition) is 0. The maximum atomic E-state index is 12.7. The molecular weight excluding hydrogens is 388 g/mol. The number of fused-ring (bicyclic) bond motifs is 1. The third-order valence-corrected chi connectivity index (χ3v) is 4.52. The number of aryl methyl sites for hydroxylation is 1. The maximum Gasteiger partial charge on any atom is 0.351 e. The van der Waals surface area contributed by atoms with Gasteiger partial charge in [-0.2, -0.15) is 0 Å². The van der Waals surface area contributed by atoms with E-state index in [-0.39, 0.29) is 22.9 Å².